The van der Waals surface area contributed by atoms with Crippen LogP contribution in [0.15, 0.2) is 29.3 Å². The van der Waals surface area contributed by atoms with Crippen LogP contribution in [0.2, 0.25) is 0 Å². The molecule has 0 radical (unpaired) electrons. The molecule has 0 atom stereocenters. The van der Waals surface area contributed by atoms with Gasteiger partial charge in [0.05, 0.1) is 4.92 Å². The number of nitro benzene ring substituents is 1. The average molecular weight is 234 g/mol. The van der Waals surface area contributed by atoms with Crippen molar-refractivity contribution in [2.45, 2.75) is 32.6 Å². The molecule has 0 spiro atoms. The van der Waals surface area contributed by atoms with Crippen LogP contribution in [-0.2, 0) is 0 Å². The Hall–Kier alpha value is -1.71. The van der Waals surface area contributed by atoms with Gasteiger partial charge in [0.25, 0.3) is 5.69 Å². The van der Waals surface area contributed by atoms with Gasteiger partial charge in [-0.15, -0.1) is 0 Å². The summed E-state index contributed by atoms with van der Waals surface area (Å²) in [7, 11) is 0. The number of hydrogen-bond acceptors (Lipinski definition) is 3. The van der Waals surface area contributed by atoms with Gasteiger partial charge in [-0.1, -0.05) is 26.2 Å². The van der Waals surface area contributed by atoms with E-state index < -0.39 is 4.92 Å². The average Bonchev–Trinajstić information content (AvgIpc) is 2.34. The van der Waals surface area contributed by atoms with Crippen molar-refractivity contribution < 1.29 is 4.92 Å². The van der Waals surface area contributed by atoms with E-state index in [0.717, 1.165) is 18.5 Å². The first kappa shape index (κ1) is 13.4. The minimum Gasteiger partial charge on any atom is -0.293 e. The zero-order valence-corrected chi connectivity index (χ0v) is 10.1. The van der Waals surface area contributed by atoms with Crippen LogP contribution >= 0.6 is 0 Å². The van der Waals surface area contributed by atoms with Crippen LogP contribution in [0.4, 0.5) is 5.69 Å². The topological polar surface area (TPSA) is 55.5 Å². The van der Waals surface area contributed by atoms with Gasteiger partial charge in [0.1, 0.15) is 0 Å². The van der Waals surface area contributed by atoms with E-state index in [-0.39, 0.29) is 5.69 Å². The smallest absolute Gasteiger partial charge is 0.269 e. The van der Waals surface area contributed by atoms with Crippen molar-refractivity contribution in [1.29, 1.82) is 0 Å². The monoisotopic (exact) mass is 234 g/mol. The second-order valence-electron chi connectivity index (χ2n) is 3.94. The summed E-state index contributed by atoms with van der Waals surface area (Å²) >= 11 is 0. The van der Waals surface area contributed by atoms with Gasteiger partial charge in [0.15, 0.2) is 0 Å². The molecule has 0 saturated carbocycles. The summed E-state index contributed by atoms with van der Waals surface area (Å²) in [6, 6.07) is 6.43. The first-order chi connectivity index (χ1) is 8.24. The zero-order valence-electron chi connectivity index (χ0n) is 10.1. The third kappa shape index (κ3) is 5.24. The lowest BCUT2D eigenvalue weighted by atomic mass is 10.2. The highest BCUT2D eigenvalue weighted by Gasteiger charge is 2.02. The van der Waals surface area contributed by atoms with Gasteiger partial charge in [-0.25, -0.2) is 0 Å². The van der Waals surface area contributed by atoms with Crippen molar-refractivity contribution in [2.24, 2.45) is 4.99 Å². The number of rotatable bonds is 7. The maximum Gasteiger partial charge on any atom is 0.269 e. The number of nitrogens with zero attached hydrogens (tertiary/aromatic N) is 2. The summed E-state index contributed by atoms with van der Waals surface area (Å²) in [5, 5.41) is 10.4. The molecular weight excluding hydrogens is 216 g/mol. The highest BCUT2D eigenvalue weighted by atomic mass is 16.6. The van der Waals surface area contributed by atoms with Gasteiger partial charge in [0.2, 0.25) is 0 Å². The molecule has 4 heteroatoms. The van der Waals surface area contributed by atoms with Crippen LogP contribution in [0.25, 0.3) is 0 Å². The van der Waals surface area contributed by atoms with Gasteiger partial charge in [-0.2, -0.15) is 0 Å². The molecule has 17 heavy (non-hydrogen) atoms. The van der Waals surface area contributed by atoms with E-state index in [1.165, 1.54) is 31.4 Å². The van der Waals surface area contributed by atoms with Crippen molar-refractivity contribution >= 4 is 11.9 Å². The zero-order chi connectivity index (χ0) is 12.5. The Labute approximate surface area is 102 Å². The third-order valence-electron chi connectivity index (χ3n) is 2.49. The van der Waals surface area contributed by atoms with Crippen LogP contribution in [0.5, 0.6) is 0 Å². The lowest BCUT2D eigenvalue weighted by molar-refractivity contribution is -0.384. The number of aliphatic imine (C=N–C) groups is 1. The van der Waals surface area contributed by atoms with Crippen LogP contribution in [0.1, 0.15) is 38.2 Å². The molecule has 4 nitrogen and oxygen atoms in total. The molecule has 1 aromatic rings. The highest BCUT2D eigenvalue weighted by molar-refractivity contribution is 5.79. The molecule has 0 aromatic heterocycles. The fourth-order valence-corrected chi connectivity index (χ4v) is 1.48. The highest BCUT2D eigenvalue weighted by Crippen LogP contribution is 2.10. The van der Waals surface area contributed by atoms with Crippen LogP contribution in [-0.4, -0.2) is 17.7 Å². The first-order valence-corrected chi connectivity index (χ1v) is 5.98. The molecule has 1 rings (SSSR count). The Morgan fingerprint density at radius 3 is 2.53 bits per heavy atom. The number of non-ortho nitro benzene ring substituents is 1. The fourth-order valence-electron chi connectivity index (χ4n) is 1.48. The maximum absolute atomic E-state index is 10.4. The summed E-state index contributed by atoms with van der Waals surface area (Å²) in [6.07, 6.45) is 6.58. The van der Waals surface area contributed by atoms with Crippen LogP contribution < -0.4 is 0 Å². The van der Waals surface area contributed by atoms with Crippen molar-refractivity contribution in [3.63, 3.8) is 0 Å². The fraction of sp³-hybridized carbons (Fsp3) is 0.462. The lowest BCUT2D eigenvalue weighted by Gasteiger charge is -1.95. The lowest BCUT2D eigenvalue weighted by Crippen LogP contribution is -1.89. The standard InChI is InChI=1S/C13H18N2O2/c1-2-3-4-5-10-14-11-12-6-8-13(9-7-12)15(16)17/h6-9,11H,2-5,10H2,1H3/b14-11+. The summed E-state index contributed by atoms with van der Waals surface area (Å²) in [6.45, 7) is 3.01. The Morgan fingerprint density at radius 1 is 1.24 bits per heavy atom. The van der Waals surface area contributed by atoms with Crippen molar-refractivity contribution in [3.05, 3.63) is 39.9 Å². The molecule has 0 fully saturated rings. The molecular formula is C13H18N2O2. The largest absolute Gasteiger partial charge is 0.293 e. The maximum atomic E-state index is 10.4. The van der Waals surface area contributed by atoms with Crippen molar-refractivity contribution in [2.75, 3.05) is 6.54 Å². The van der Waals surface area contributed by atoms with E-state index in [0.29, 0.717) is 0 Å². The van der Waals surface area contributed by atoms with Gasteiger partial charge in [-0.05, 0) is 24.1 Å². The van der Waals surface area contributed by atoms with E-state index in [1.807, 2.05) is 0 Å². The minimum absolute atomic E-state index is 0.116. The predicted molar refractivity (Wildman–Crippen MR) is 69.7 cm³/mol. The Kier molecular flexibility index (Phi) is 5.93. The number of hydrogen-bond donors (Lipinski definition) is 0. The van der Waals surface area contributed by atoms with E-state index in [4.69, 9.17) is 0 Å². The van der Waals surface area contributed by atoms with Crippen molar-refractivity contribution in [1.82, 2.24) is 0 Å². The Balaban J connectivity index is 2.36. The Morgan fingerprint density at radius 2 is 1.94 bits per heavy atom. The normalized spacial score (nSPS) is 10.9. The molecule has 0 bridgehead atoms. The SMILES string of the molecule is CCCCCC/N=C/c1ccc([N+](=O)[O-])cc1. The minimum atomic E-state index is -0.397. The van der Waals surface area contributed by atoms with E-state index in [2.05, 4.69) is 11.9 Å². The second-order valence-corrected chi connectivity index (χ2v) is 3.94. The molecule has 0 N–H and O–H groups in total. The number of unbranched alkanes of at least 4 members (excludes halogenated alkanes) is 3. The Bertz CT molecular complexity index is 372. The summed E-state index contributed by atoms with van der Waals surface area (Å²) < 4.78 is 0. The van der Waals surface area contributed by atoms with E-state index in [1.54, 1.807) is 18.3 Å². The molecule has 0 aliphatic rings. The predicted octanol–water partition coefficient (Wildman–Crippen LogP) is 3.59. The molecule has 0 aliphatic carbocycles. The van der Waals surface area contributed by atoms with Gasteiger partial charge >= 0.3 is 0 Å². The summed E-state index contributed by atoms with van der Waals surface area (Å²) in [5.74, 6) is 0. The molecule has 0 aliphatic heterocycles. The molecule has 0 unspecified atom stereocenters. The summed E-state index contributed by atoms with van der Waals surface area (Å²) in [5.41, 5.74) is 1.02. The number of benzene rings is 1. The first-order valence-electron chi connectivity index (χ1n) is 5.98. The molecule has 0 heterocycles. The van der Waals surface area contributed by atoms with E-state index in [9.17, 15) is 10.1 Å². The molecule has 92 valence electrons. The second kappa shape index (κ2) is 7.54. The molecule has 0 saturated heterocycles. The molecule has 1 aromatic carbocycles. The van der Waals surface area contributed by atoms with Crippen LogP contribution in [0, 0.1) is 10.1 Å². The van der Waals surface area contributed by atoms with Gasteiger partial charge in [-0.3, -0.25) is 15.1 Å². The van der Waals surface area contributed by atoms with Crippen molar-refractivity contribution in [3.8, 4) is 0 Å². The quantitative estimate of drug-likeness (QED) is 0.313. The van der Waals surface area contributed by atoms with Crippen LogP contribution in [0.3, 0.4) is 0 Å². The third-order valence-corrected chi connectivity index (χ3v) is 2.49. The number of nitro groups is 1. The van der Waals surface area contributed by atoms with Gasteiger partial charge in [0, 0.05) is 24.9 Å². The molecule has 0 amide bonds. The van der Waals surface area contributed by atoms with E-state index >= 15 is 0 Å². The summed E-state index contributed by atoms with van der Waals surface area (Å²) in [4.78, 5) is 14.3. The van der Waals surface area contributed by atoms with Gasteiger partial charge < -0.3 is 0 Å².